The van der Waals surface area contributed by atoms with Crippen LogP contribution in [0.4, 0.5) is 9.59 Å². The first kappa shape index (κ1) is 25.2. The van der Waals surface area contributed by atoms with E-state index in [1.165, 1.54) is 22.6 Å². The van der Waals surface area contributed by atoms with E-state index in [1.54, 1.807) is 12.1 Å². The summed E-state index contributed by atoms with van der Waals surface area (Å²) in [6.07, 6.45) is 10.0. The van der Waals surface area contributed by atoms with Gasteiger partial charge in [-0.1, -0.05) is 37.0 Å². The zero-order valence-electron chi connectivity index (χ0n) is 20.0. The maximum Gasteiger partial charge on any atom is 0.328 e. The first-order chi connectivity index (χ1) is 16.8. The van der Waals surface area contributed by atoms with Gasteiger partial charge in [-0.15, -0.1) is 0 Å². The summed E-state index contributed by atoms with van der Waals surface area (Å²) >= 11 is 0. The van der Waals surface area contributed by atoms with Crippen LogP contribution in [0.1, 0.15) is 69.8 Å². The summed E-state index contributed by atoms with van der Waals surface area (Å²) in [5, 5.41) is 5.54. The average Bonchev–Trinajstić information content (AvgIpc) is 2.85. The van der Waals surface area contributed by atoms with Crippen molar-refractivity contribution in [2.75, 3.05) is 13.1 Å². The van der Waals surface area contributed by atoms with Crippen molar-refractivity contribution in [3.63, 3.8) is 0 Å². The number of nitrogens with one attached hydrogen (secondary N) is 3. The molecular formula is C25H34N4O5S. The molecule has 0 unspecified atom stereocenters. The fraction of sp³-hybridized carbons (Fsp3) is 0.560. The number of hydrogen-bond donors (Lipinski definition) is 3. The van der Waals surface area contributed by atoms with Gasteiger partial charge in [-0.05, 0) is 69.1 Å². The number of carbonyl (C=O) groups is 3. The van der Waals surface area contributed by atoms with Crippen molar-refractivity contribution in [1.29, 1.82) is 0 Å². The predicted molar refractivity (Wildman–Crippen MR) is 131 cm³/mol. The van der Waals surface area contributed by atoms with Crippen molar-refractivity contribution in [3.8, 4) is 0 Å². The molecule has 190 valence electrons. The number of rotatable bonds is 6. The maximum atomic E-state index is 12.7. The third-order valence-corrected chi connectivity index (χ3v) is 8.41. The zero-order valence-corrected chi connectivity index (χ0v) is 20.8. The molecule has 35 heavy (non-hydrogen) atoms. The van der Waals surface area contributed by atoms with Gasteiger partial charge in [0.15, 0.2) is 0 Å². The molecule has 5 amide bonds. The minimum Gasteiger partial charge on any atom is -0.337 e. The minimum absolute atomic E-state index is 0.000413. The van der Waals surface area contributed by atoms with E-state index in [1.807, 2.05) is 0 Å². The summed E-state index contributed by atoms with van der Waals surface area (Å²) in [5.74, 6) is -0.168. The molecule has 0 bridgehead atoms. The van der Waals surface area contributed by atoms with E-state index in [2.05, 4.69) is 15.4 Å². The van der Waals surface area contributed by atoms with Crippen molar-refractivity contribution in [3.05, 3.63) is 41.0 Å². The van der Waals surface area contributed by atoms with Crippen molar-refractivity contribution in [2.45, 2.75) is 81.6 Å². The Hall–Kier alpha value is -2.88. The Kier molecular flexibility index (Phi) is 8.10. The summed E-state index contributed by atoms with van der Waals surface area (Å²) < 4.78 is 27.2. The highest BCUT2D eigenvalue weighted by Gasteiger charge is 2.31. The fourth-order valence-electron chi connectivity index (χ4n) is 5.09. The van der Waals surface area contributed by atoms with E-state index < -0.39 is 16.1 Å². The van der Waals surface area contributed by atoms with Crippen LogP contribution >= 0.6 is 0 Å². The molecule has 10 heteroatoms. The third-order valence-electron chi connectivity index (χ3n) is 7.06. The van der Waals surface area contributed by atoms with Gasteiger partial charge in [-0.25, -0.2) is 22.7 Å². The molecule has 1 aromatic rings. The molecule has 3 N–H and O–H groups in total. The van der Waals surface area contributed by atoms with E-state index in [9.17, 15) is 22.8 Å². The maximum absolute atomic E-state index is 12.7. The van der Waals surface area contributed by atoms with Gasteiger partial charge >= 0.3 is 12.1 Å². The quantitative estimate of drug-likeness (QED) is 0.550. The van der Waals surface area contributed by atoms with E-state index in [4.69, 9.17) is 0 Å². The van der Waals surface area contributed by atoms with Crippen molar-refractivity contribution < 1.29 is 22.8 Å². The van der Waals surface area contributed by atoms with Gasteiger partial charge < -0.3 is 10.6 Å². The van der Waals surface area contributed by atoms with Gasteiger partial charge in [0.2, 0.25) is 0 Å². The summed E-state index contributed by atoms with van der Waals surface area (Å²) in [5.41, 5.74) is 2.86. The zero-order chi connectivity index (χ0) is 24.8. The number of imide groups is 1. The molecule has 3 aliphatic rings. The van der Waals surface area contributed by atoms with E-state index in [-0.39, 0.29) is 22.9 Å². The molecule has 0 spiro atoms. The lowest BCUT2D eigenvalue weighted by Crippen LogP contribution is -2.47. The molecular weight excluding hydrogens is 468 g/mol. The molecule has 2 aliphatic carbocycles. The van der Waals surface area contributed by atoms with Crippen LogP contribution in [0.3, 0.4) is 0 Å². The first-order valence-electron chi connectivity index (χ1n) is 12.6. The van der Waals surface area contributed by atoms with Gasteiger partial charge in [0.05, 0.1) is 4.90 Å². The minimum atomic E-state index is -3.97. The second-order valence-electron chi connectivity index (χ2n) is 9.54. The number of nitrogens with zero attached hydrogens (tertiary/aromatic N) is 1. The predicted octanol–water partition coefficient (Wildman–Crippen LogP) is 3.36. The van der Waals surface area contributed by atoms with Gasteiger partial charge in [0, 0.05) is 24.7 Å². The highest BCUT2D eigenvalue weighted by Crippen LogP contribution is 2.31. The lowest BCUT2D eigenvalue weighted by atomic mass is 9.87. The van der Waals surface area contributed by atoms with Crippen LogP contribution in [0.25, 0.3) is 0 Å². The fourth-order valence-corrected chi connectivity index (χ4v) is 6.01. The Bertz CT molecular complexity index is 1090. The van der Waals surface area contributed by atoms with Gasteiger partial charge in [0.25, 0.3) is 15.9 Å². The molecule has 0 saturated heterocycles. The number of carbonyl (C=O) groups excluding carboxylic acids is 3. The molecule has 1 heterocycles. The number of hydrogen-bond acceptors (Lipinski definition) is 5. The molecule has 0 aromatic heterocycles. The Morgan fingerprint density at radius 2 is 1.66 bits per heavy atom. The summed E-state index contributed by atoms with van der Waals surface area (Å²) in [6, 6.07) is 5.12. The second kappa shape index (κ2) is 11.2. The summed E-state index contributed by atoms with van der Waals surface area (Å²) in [6.45, 7) is 0.736. The first-order valence-corrected chi connectivity index (χ1v) is 14.0. The normalized spacial score (nSPS) is 19.2. The summed E-state index contributed by atoms with van der Waals surface area (Å²) in [4.78, 5) is 38.6. The largest absolute Gasteiger partial charge is 0.337 e. The molecule has 1 aromatic carbocycles. The standard InChI is InChI=1S/C25H34N4O5S/c30-23-22-9-5-4-6-19(22)15-17-29(23)25(32)26-16-14-18-10-12-21(13-11-18)35(33,34)28-24(31)27-20-7-2-1-3-8-20/h10-13,20H,1-9,14-17H2,(H,26,32)(H2,27,28,31). The molecule has 4 rings (SSSR count). The Balaban J connectivity index is 1.24. The Morgan fingerprint density at radius 3 is 2.40 bits per heavy atom. The van der Waals surface area contributed by atoms with Crippen LogP contribution in [0.2, 0.25) is 0 Å². The molecule has 1 fully saturated rings. The van der Waals surface area contributed by atoms with Crippen molar-refractivity contribution in [1.82, 2.24) is 20.3 Å². The molecule has 9 nitrogen and oxygen atoms in total. The van der Waals surface area contributed by atoms with Gasteiger partial charge in [-0.2, -0.15) is 0 Å². The van der Waals surface area contributed by atoms with E-state index >= 15 is 0 Å². The van der Waals surface area contributed by atoms with E-state index in [0.717, 1.165) is 75.3 Å². The third kappa shape index (κ3) is 6.42. The highest BCUT2D eigenvalue weighted by molar-refractivity contribution is 7.90. The lowest BCUT2D eigenvalue weighted by Gasteiger charge is -2.31. The second-order valence-corrected chi connectivity index (χ2v) is 11.2. The number of amides is 5. The van der Waals surface area contributed by atoms with Gasteiger partial charge in [0.1, 0.15) is 0 Å². The SMILES string of the molecule is O=C(NC1CCCCC1)NS(=O)(=O)c1ccc(CCNC(=O)N2CCC3=C(CCCC3)C2=O)cc1. The van der Waals surface area contributed by atoms with Crippen LogP contribution in [-0.2, 0) is 21.2 Å². The molecule has 0 radical (unpaired) electrons. The lowest BCUT2D eigenvalue weighted by molar-refractivity contribution is -0.125. The van der Waals surface area contributed by atoms with Crippen molar-refractivity contribution in [2.24, 2.45) is 0 Å². The Morgan fingerprint density at radius 1 is 0.943 bits per heavy atom. The molecule has 0 atom stereocenters. The van der Waals surface area contributed by atoms with Crippen LogP contribution in [0.5, 0.6) is 0 Å². The van der Waals surface area contributed by atoms with Crippen LogP contribution in [-0.4, -0.2) is 50.4 Å². The van der Waals surface area contributed by atoms with E-state index in [0.29, 0.717) is 19.5 Å². The topological polar surface area (TPSA) is 125 Å². The molecule has 1 saturated carbocycles. The number of benzene rings is 1. The van der Waals surface area contributed by atoms with Crippen LogP contribution in [0.15, 0.2) is 40.3 Å². The molecule has 1 aliphatic heterocycles. The highest BCUT2D eigenvalue weighted by atomic mass is 32.2. The number of sulfonamides is 1. The summed E-state index contributed by atoms with van der Waals surface area (Å²) in [7, 11) is -3.97. The van der Waals surface area contributed by atoms with Crippen LogP contribution < -0.4 is 15.4 Å². The van der Waals surface area contributed by atoms with Crippen molar-refractivity contribution >= 4 is 28.0 Å². The van der Waals surface area contributed by atoms with Crippen LogP contribution in [0, 0.1) is 0 Å². The Labute approximate surface area is 206 Å². The van der Waals surface area contributed by atoms with Gasteiger partial charge in [-0.3, -0.25) is 9.69 Å². The smallest absolute Gasteiger partial charge is 0.328 e. The average molecular weight is 503 g/mol. The monoisotopic (exact) mass is 502 g/mol. The number of urea groups is 2.